The maximum atomic E-state index is 12.1. The highest BCUT2D eigenvalue weighted by molar-refractivity contribution is 6.01. The van der Waals surface area contributed by atoms with Crippen LogP contribution in [0.3, 0.4) is 0 Å². The van der Waals surface area contributed by atoms with E-state index in [1.165, 1.54) is 7.11 Å². The molecule has 0 unspecified atom stereocenters. The van der Waals surface area contributed by atoms with Gasteiger partial charge in [0, 0.05) is 22.8 Å². The molecule has 0 saturated heterocycles. The van der Waals surface area contributed by atoms with Gasteiger partial charge < -0.3 is 19.8 Å². The first kappa shape index (κ1) is 14.5. The molecule has 0 aliphatic heterocycles. The van der Waals surface area contributed by atoms with Crippen molar-refractivity contribution >= 4 is 28.4 Å². The molecule has 2 N–H and O–H groups in total. The molecule has 0 spiro atoms. The summed E-state index contributed by atoms with van der Waals surface area (Å²) in [5.41, 5.74) is 2.34. The van der Waals surface area contributed by atoms with Crippen LogP contribution < -0.4 is 15.4 Å². The fourth-order valence-corrected chi connectivity index (χ4v) is 2.20. The van der Waals surface area contributed by atoms with Gasteiger partial charge in [-0.3, -0.25) is 0 Å². The second-order valence-electron chi connectivity index (χ2n) is 4.78. The number of furan rings is 1. The third-order valence-corrected chi connectivity index (χ3v) is 3.29. The minimum atomic E-state index is -0.389. The number of nitrogens with zero attached hydrogens (tertiary/aromatic N) is 1. The van der Waals surface area contributed by atoms with E-state index in [-0.39, 0.29) is 6.03 Å². The van der Waals surface area contributed by atoms with Gasteiger partial charge in [0.05, 0.1) is 18.9 Å². The minimum Gasteiger partial charge on any atom is -0.495 e. The minimum absolute atomic E-state index is 0.389. The van der Waals surface area contributed by atoms with E-state index in [0.29, 0.717) is 22.7 Å². The van der Waals surface area contributed by atoms with Crippen LogP contribution in [0.5, 0.6) is 5.75 Å². The highest BCUT2D eigenvalue weighted by Crippen LogP contribution is 2.23. The van der Waals surface area contributed by atoms with Gasteiger partial charge in [-0.2, -0.15) is 5.26 Å². The molecule has 2 amide bonds. The van der Waals surface area contributed by atoms with Gasteiger partial charge in [-0.15, -0.1) is 0 Å². The first-order chi connectivity index (χ1) is 11.2. The molecule has 6 heteroatoms. The van der Waals surface area contributed by atoms with Gasteiger partial charge in [0.1, 0.15) is 17.4 Å². The first-order valence-corrected chi connectivity index (χ1v) is 6.83. The number of carbonyl (C=O) groups excluding carboxylic acids is 1. The molecule has 6 nitrogen and oxygen atoms in total. The van der Waals surface area contributed by atoms with E-state index in [1.807, 2.05) is 18.2 Å². The number of rotatable bonds is 3. The Kier molecular flexibility index (Phi) is 3.85. The molecule has 0 aliphatic rings. The molecule has 0 radical (unpaired) electrons. The van der Waals surface area contributed by atoms with Crippen LogP contribution in [0, 0.1) is 11.3 Å². The van der Waals surface area contributed by atoms with Gasteiger partial charge in [-0.1, -0.05) is 0 Å². The van der Waals surface area contributed by atoms with Crippen molar-refractivity contribution in [3.63, 3.8) is 0 Å². The smallest absolute Gasteiger partial charge is 0.323 e. The molecular formula is C17H13N3O3. The Labute approximate surface area is 132 Å². The number of hydrogen-bond acceptors (Lipinski definition) is 4. The maximum absolute atomic E-state index is 12.1. The monoisotopic (exact) mass is 307 g/mol. The molecule has 0 bridgehead atoms. The lowest BCUT2D eigenvalue weighted by atomic mass is 10.2. The number of nitrogens with one attached hydrogen (secondary N) is 2. The zero-order valence-corrected chi connectivity index (χ0v) is 12.3. The van der Waals surface area contributed by atoms with Crippen molar-refractivity contribution < 1.29 is 13.9 Å². The largest absolute Gasteiger partial charge is 0.495 e. The average molecular weight is 307 g/mol. The van der Waals surface area contributed by atoms with Crippen molar-refractivity contribution in [1.82, 2.24) is 0 Å². The van der Waals surface area contributed by atoms with Gasteiger partial charge in [0.25, 0.3) is 0 Å². The van der Waals surface area contributed by atoms with Crippen molar-refractivity contribution in [3.05, 3.63) is 54.3 Å². The second-order valence-corrected chi connectivity index (χ2v) is 4.78. The fourth-order valence-electron chi connectivity index (χ4n) is 2.20. The Bertz CT molecular complexity index is 909. The van der Waals surface area contributed by atoms with E-state index in [1.54, 1.807) is 36.6 Å². The number of fused-ring (bicyclic) bond motifs is 1. The van der Waals surface area contributed by atoms with E-state index in [2.05, 4.69) is 10.6 Å². The summed E-state index contributed by atoms with van der Waals surface area (Å²) in [7, 11) is 1.47. The number of hydrogen-bond donors (Lipinski definition) is 2. The van der Waals surface area contributed by atoms with Crippen molar-refractivity contribution in [3.8, 4) is 11.8 Å². The van der Waals surface area contributed by atoms with Gasteiger partial charge in [-0.25, -0.2) is 4.79 Å². The van der Waals surface area contributed by atoms with Crippen LogP contribution in [-0.4, -0.2) is 13.1 Å². The standard InChI is InChI=1S/C17H13N3O3/c1-22-16-9-14(3-2-12(16)10-18)20-17(21)19-13-4-5-15-11(8-13)6-7-23-15/h2-9H,1H3,(H2,19,20,21). The zero-order valence-electron chi connectivity index (χ0n) is 12.3. The molecule has 2 aromatic carbocycles. The fraction of sp³-hybridized carbons (Fsp3) is 0.0588. The van der Waals surface area contributed by atoms with Crippen molar-refractivity contribution in [1.29, 1.82) is 5.26 Å². The number of methoxy groups -OCH3 is 1. The van der Waals surface area contributed by atoms with Crippen LogP contribution >= 0.6 is 0 Å². The van der Waals surface area contributed by atoms with E-state index < -0.39 is 0 Å². The Morgan fingerprint density at radius 2 is 1.87 bits per heavy atom. The van der Waals surface area contributed by atoms with Gasteiger partial charge >= 0.3 is 6.03 Å². The normalized spacial score (nSPS) is 10.1. The number of ether oxygens (including phenoxy) is 1. The van der Waals surface area contributed by atoms with Gasteiger partial charge in [0.15, 0.2) is 0 Å². The molecule has 23 heavy (non-hydrogen) atoms. The molecule has 3 rings (SSSR count). The molecule has 114 valence electrons. The van der Waals surface area contributed by atoms with E-state index >= 15 is 0 Å². The Morgan fingerprint density at radius 1 is 1.13 bits per heavy atom. The molecule has 0 atom stereocenters. The molecule has 0 aliphatic carbocycles. The molecule has 0 fully saturated rings. The van der Waals surface area contributed by atoms with Gasteiger partial charge in [-0.05, 0) is 36.4 Å². The molecule has 1 aromatic heterocycles. The number of benzene rings is 2. The highest BCUT2D eigenvalue weighted by atomic mass is 16.5. The highest BCUT2D eigenvalue weighted by Gasteiger charge is 2.07. The summed E-state index contributed by atoms with van der Waals surface area (Å²) < 4.78 is 10.4. The summed E-state index contributed by atoms with van der Waals surface area (Å²) in [6.45, 7) is 0. The SMILES string of the molecule is COc1cc(NC(=O)Nc2ccc3occc3c2)ccc1C#N. The lowest BCUT2D eigenvalue weighted by Gasteiger charge is -2.09. The maximum Gasteiger partial charge on any atom is 0.323 e. The zero-order chi connectivity index (χ0) is 16.2. The Morgan fingerprint density at radius 3 is 2.61 bits per heavy atom. The van der Waals surface area contributed by atoms with Crippen molar-refractivity contribution in [2.24, 2.45) is 0 Å². The third kappa shape index (κ3) is 3.09. The number of nitriles is 1. The summed E-state index contributed by atoms with van der Waals surface area (Å²) in [5, 5.41) is 15.3. The van der Waals surface area contributed by atoms with Crippen molar-refractivity contribution in [2.75, 3.05) is 17.7 Å². The number of anilines is 2. The van der Waals surface area contributed by atoms with Gasteiger partial charge in [0.2, 0.25) is 0 Å². The lowest BCUT2D eigenvalue weighted by molar-refractivity contribution is 0.262. The topological polar surface area (TPSA) is 87.3 Å². The van der Waals surface area contributed by atoms with Crippen LogP contribution in [0.25, 0.3) is 11.0 Å². The average Bonchev–Trinajstić information content (AvgIpc) is 3.02. The molecule has 1 heterocycles. The summed E-state index contributed by atoms with van der Waals surface area (Å²) in [4.78, 5) is 12.1. The third-order valence-electron chi connectivity index (χ3n) is 3.29. The predicted molar refractivity (Wildman–Crippen MR) is 86.6 cm³/mol. The summed E-state index contributed by atoms with van der Waals surface area (Å²) in [5.74, 6) is 0.408. The number of amides is 2. The second kappa shape index (κ2) is 6.12. The predicted octanol–water partition coefficient (Wildman–Crippen LogP) is 3.96. The van der Waals surface area contributed by atoms with Crippen LogP contribution in [-0.2, 0) is 0 Å². The van der Waals surface area contributed by atoms with Crippen LogP contribution in [0.4, 0.5) is 16.2 Å². The Balaban J connectivity index is 1.72. The molecule has 3 aromatic rings. The van der Waals surface area contributed by atoms with E-state index in [0.717, 1.165) is 11.0 Å². The van der Waals surface area contributed by atoms with E-state index in [9.17, 15) is 4.79 Å². The molecular weight excluding hydrogens is 294 g/mol. The van der Waals surface area contributed by atoms with Crippen LogP contribution in [0.2, 0.25) is 0 Å². The van der Waals surface area contributed by atoms with Crippen LogP contribution in [0.1, 0.15) is 5.56 Å². The van der Waals surface area contributed by atoms with Crippen molar-refractivity contribution in [2.45, 2.75) is 0 Å². The summed E-state index contributed by atoms with van der Waals surface area (Å²) in [6, 6.07) is 13.6. The first-order valence-electron chi connectivity index (χ1n) is 6.83. The quantitative estimate of drug-likeness (QED) is 0.766. The Hall–Kier alpha value is -3.46. The lowest BCUT2D eigenvalue weighted by Crippen LogP contribution is -2.19. The number of urea groups is 1. The summed E-state index contributed by atoms with van der Waals surface area (Å²) in [6.07, 6.45) is 1.59. The van der Waals surface area contributed by atoms with E-state index in [4.69, 9.17) is 14.4 Å². The number of carbonyl (C=O) groups is 1. The van der Waals surface area contributed by atoms with Crippen LogP contribution in [0.15, 0.2) is 53.1 Å². The summed E-state index contributed by atoms with van der Waals surface area (Å²) >= 11 is 0. The molecule has 0 saturated carbocycles.